The van der Waals surface area contributed by atoms with Crippen LogP contribution in [-0.2, 0) is 6.42 Å². The normalized spacial score (nSPS) is 13.3. The fourth-order valence-corrected chi connectivity index (χ4v) is 2.72. The van der Waals surface area contributed by atoms with Gasteiger partial charge in [0, 0.05) is 11.3 Å². The maximum absolute atomic E-state index is 12.1. The van der Waals surface area contributed by atoms with E-state index in [9.17, 15) is 8.78 Å². The standard InChI is InChI=1S/C8H10BrF2NOS/c1-13-8-5(9)2-4(14-8)3-6(12)7(10)11/h2,6-7H,3,12H2,1H3. The number of rotatable bonds is 4. The molecule has 0 fully saturated rings. The van der Waals surface area contributed by atoms with Gasteiger partial charge in [-0.3, -0.25) is 0 Å². The highest BCUT2D eigenvalue weighted by molar-refractivity contribution is 9.10. The minimum absolute atomic E-state index is 0.171. The molecule has 2 nitrogen and oxygen atoms in total. The van der Waals surface area contributed by atoms with Gasteiger partial charge in [-0.1, -0.05) is 0 Å². The molecule has 0 saturated carbocycles. The summed E-state index contributed by atoms with van der Waals surface area (Å²) < 4.78 is 30.1. The zero-order valence-electron chi connectivity index (χ0n) is 7.47. The van der Waals surface area contributed by atoms with Gasteiger partial charge in [0.05, 0.1) is 17.6 Å². The molecule has 0 bridgehead atoms. The number of hydrogen-bond acceptors (Lipinski definition) is 3. The van der Waals surface area contributed by atoms with E-state index in [-0.39, 0.29) is 6.42 Å². The molecule has 14 heavy (non-hydrogen) atoms. The Morgan fingerprint density at radius 3 is 2.71 bits per heavy atom. The van der Waals surface area contributed by atoms with Crippen LogP contribution in [0.15, 0.2) is 10.5 Å². The lowest BCUT2D eigenvalue weighted by atomic mass is 10.2. The maximum Gasteiger partial charge on any atom is 0.253 e. The van der Waals surface area contributed by atoms with Gasteiger partial charge in [-0.15, -0.1) is 11.3 Å². The highest BCUT2D eigenvalue weighted by Gasteiger charge is 2.17. The quantitative estimate of drug-likeness (QED) is 0.923. The number of ether oxygens (including phenoxy) is 1. The molecule has 6 heteroatoms. The molecule has 0 aliphatic carbocycles. The van der Waals surface area contributed by atoms with Crippen molar-refractivity contribution >= 4 is 27.3 Å². The second-order valence-electron chi connectivity index (χ2n) is 2.75. The number of nitrogens with two attached hydrogens (primary N) is 1. The predicted octanol–water partition coefficient (Wildman–Crippen LogP) is 2.65. The van der Waals surface area contributed by atoms with E-state index in [1.54, 1.807) is 6.07 Å². The molecule has 0 aliphatic rings. The number of thiophene rings is 1. The molecule has 0 aromatic carbocycles. The molecular weight excluding hydrogens is 276 g/mol. The second-order valence-corrected chi connectivity index (χ2v) is 4.71. The summed E-state index contributed by atoms with van der Waals surface area (Å²) in [5, 5.41) is 0.682. The van der Waals surface area contributed by atoms with Gasteiger partial charge < -0.3 is 10.5 Å². The lowest BCUT2D eigenvalue weighted by Gasteiger charge is -2.07. The number of hydrogen-bond donors (Lipinski definition) is 1. The van der Waals surface area contributed by atoms with Gasteiger partial charge >= 0.3 is 0 Å². The van der Waals surface area contributed by atoms with Crippen molar-refractivity contribution in [2.45, 2.75) is 18.9 Å². The third kappa shape index (κ3) is 2.90. The molecule has 0 saturated heterocycles. The first kappa shape index (κ1) is 11.9. The minimum Gasteiger partial charge on any atom is -0.486 e. The zero-order chi connectivity index (χ0) is 10.7. The van der Waals surface area contributed by atoms with E-state index < -0.39 is 12.5 Å². The summed E-state index contributed by atoms with van der Waals surface area (Å²) >= 11 is 4.58. The third-order valence-corrected chi connectivity index (χ3v) is 3.62. The second kappa shape index (κ2) is 5.04. The molecule has 2 N–H and O–H groups in total. The van der Waals surface area contributed by atoms with E-state index in [4.69, 9.17) is 10.5 Å². The van der Waals surface area contributed by atoms with Crippen LogP contribution in [0.4, 0.5) is 8.78 Å². The monoisotopic (exact) mass is 285 g/mol. The molecular formula is C8H10BrF2NOS. The highest BCUT2D eigenvalue weighted by atomic mass is 79.9. The third-order valence-electron chi connectivity index (χ3n) is 1.65. The number of methoxy groups -OCH3 is 1. The van der Waals surface area contributed by atoms with Crippen LogP contribution in [0.1, 0.15) is 4.88 Å². The van der Waals surface area contributed by atoms with Crippen LogP contribution in [-0.4, -0.2) is 19.6 Å². The van der Waals surface area contributed by atoms with Gasteiger partial charge in [0.15, 0.2) is 5.06 Å². The molecule has 0 spiro atoms. The van der Waals surface area contributed by atoms with E-state index in [2.05, 4.69) is 15.9 Å². The van der Waals surface area contributed by atoms with Crippen LogP contribution in [0.5, 0.6) is 5.06 Å². The summed E-state index contributed by atoms with van der Waals surface area (Å²) in [6.07, 6.45) is -2.31. The Kier molecular flexibility index (Phi) is 4.28. The summed E-state index contributed by atoms with van der Waals surface area (Å²) in [5.74, 6) is 0. The van der Waals surface area contributed by atoms with Crippen LogP contribution in [0.2, 0.25) is 0 Å². The first-order chi connectivity index (χ1) is 6.54. The lowest BCUT2D eigenvalue weighted by molar-refractivity contribution is 0.116. The predicted molar refractivity (Wildman–Crippen MR) is 56.3 cm³/mol. The average Bonchev–Trinajstić information content (AvgIpc) is 2.45. The Labute approximate surface area is 93.2 Å². The highest BCUT2D eigenvalue weighted by Crippen LogP contribution is 2.35. The van der Waals surface area contributed by atoms with Crippen molar-refractivity contribution in [3.05, 3.63) is 15.4 Å². The first-order valence-electron chi connectivity index (χ1n) is 3.90. The summed E-state index contributed by atoms with van der Waals surface area (Å²) in [5.41, 5.74) is 5.25. The Balaban J connectivity index is 2.68. The van der Waals surface area contributed by atoms with E-state index >= 15 is 0 Å². The maximum atomic E-state index is 12.1. The number of alkyl halides is 2. The molecule has 1 atom stereocenters. The molecule has 0 aliphatic heterocycles. The van der Waals surface area contributed by atoms with E-state index in [0.29, 0.717) is 5.06 Å². The van der Waals surface area contributed by atoms with Crippen LogP contribution in [0, 0.1) is 0 Å². The Bertz CT molecular complexity index is 306. The fourth-order valence-electron chi connectivity index (χ4n) is 0.959. The largest absolute Gasteiger partial charge is 0.486 e. The van der Waals surface area contributed by atoms with Crippen LogP contribution in [0.3, 0.4) is 0 Å². The molecule has 1 rings (SSSR count). The van der Waals surface area contributed by atoms with Crippen LogP contribution in [0.25, 0.3) is 0 Å². The smallest absolute Gasteiger partial charge is 0.253 e. The molecule has 0 amide bonds. The molecule has 80 valence electrons. The minimum atomic E-state index is -2.48. The Hall–Kier alpha value is -0.200. The van der Waals surface area contributed by atoms with Crippen molar-refractivity contribution in [3.8, 4) is 5.06 Å². The molecule has 1 aromatic heterocycles. The van der Waals surface area contributed by atoms with Crippen molar-refractivity contribution in [1.29, 1.82) is 0 Å². The van der Waals surface area contributed by atoms with Crippen molar-refractivity contribution < 1.29 is 13.5 Å². The SMILES string of the molecule is COc1sc(CC(N)C(F)F)cc1Br. The summed E-state index contributed by atoms with van der Waals surface area (Å²) in [6.45, 7) is 0. The van der Waals surface area contributed by atoms with Gasteiger partial charge in [0.1, 0.15) is 0 Å². The summed E-state index contributed by atoms with van der Waals surface area (Å²) in [4.78, 5) is 0.793. The summed E-state index contributed by atoms with van der Waals surface area (Å²) in [7, 11) is 1.54. The topological polar surface area (TPSA) is 35.2 Å². The van der Waals surface area contributed by atoms with Gasteiger partial charge in [0.2, 0.25) is 0 Å². The molecule has 1 unspecified atom stereocenters. The van der Waals surface area contributed by atoms with E-state index in [1.165, 1.54) is 18.4 Å². The van der Waals surface area contributed by atoms with Crippen molar-refractivity contribution in [2.24, 2.45) is 5.73 Å². The molecule has 0 radical (unpaired) electrons. The van der Waals surface area contributed by atoms with E-state index in [1.807, 2.05) is 0 Å². The molecule has 1 aromatic rings. The van der Waals surface area contributed by atoms with E-state index in [0.717, 1.165) is 9.35 Å². The number of halogens is 3. The van der Waals surface area contributed by atoms with Gasteiger partial charge in [-0.05, 0) is 22.0 Å². The van der Waals surface area contributed by atoms with Gasteiger partial charge in [-0.25, -0.2) is 8.78 Å². The van der Waals surface area contributed by atoms with Crippen LogP contribution >= 0.6 is 27.3 Å². The van der Waals surface area contributed by atoms with Crippen molar-refractivity contribution in [3.63, 3.8) is 0 Å². The zero-order valence-corrected chi connectivity index (χ0v) is 9.87. The first-order valence-corrected chi connectivity index (χ1v) is 5.51. The average molecular weight is 286 g/mol. The Morgan fingerprint density at radius 1 is 1.64 bits per heavy atom. The van der Waals surface area contributed by atoms with Crippen molar-refractivity contribution in [2.75, 3.05) is 7.11 Å². The van der Waals surface area contributed by atoms with Crippen LogP contribution < -0.4 is 10.5 Å². The van der Waals surface area contributed by atoms with Gasteiger partial charge in [-0.2, -0.15) is 0 Å². The fraction of sp³-hybridized carbons (Fsp3) is 0.500. The molecule has 1 heterocycles. The Morgan fingerprint density at radius 2 is 2.29 bits per heavy atom. The summed E-state index contributed by atoms with van der Waals surface area (Å²) in [6, 6.07) is 0.649. The van der Waals surface area contributed by atoms with Crippen molar-refractivity contribution in [1.82, 2.24) is 0 Å². The lowest BCUT2D eigenvalue weighted by Crippen LogP contribution is -2.30. The van der Waals surface area contributed by atoms with Gasteiger partial charge in [0.25, 0.3) is 6.43 Å².